The summed E-state index contributed by atoms with van der Waals surface area (Å²) < 4.78 is 14.3. The largest absolute Gasteiger partial charge is 0.372 e. The normalized spacial score (nSPS) is 17.1. The Labute approximate surface area is 183 Å². The number of rotatable bonds is 6. The number of benzene rings is 1. The van der Waals surface area contributed by atoms with Gasteiger partial charge in [0.15, 0.2) is 0 Å². The van der Waals surface area contributed by atoms with Gasteiger partial charge in [-0.1, -0.05) is 6.92 Å². The van der Waals surface area contributed by atoms with Gasteiger partial charge in [-0.15, -0.1) is 0 Å². The van der Waals surface area contributed by atoms with Gasteiger partial charge in [0.1, 0.15) is 29.8 Å². The monoisotopic (exact) mass is 423 g/mol. The molecule has 1 saturated heterocycles. The Kier molecular flexibility index (Phi) is 7.08. The molecule has 8 heteroatoms. The molecule has 7 nitrogen and oxygen atoms in total. The van der Waals surface area contributed by atoms with Crippen molar-refractivity contribution in [1.82, 2.24) is 14.9 Å². The predicted molar refractivity (Wildman–Crippen MR) is 122 cm³/mol. The number of piperidine rings is 1. The van der Waals surface area contributed by atoms with Gasteiger partial charge in [0, 0.05) is 38.9 Å². The lowest BCUT2D eigenvalue weighted by atomic mass is 9.99. The molecule has 0 amide bonds. The van der Waals surface area contributed by atoms with E-state index in [0.717, 1.165) is 43.6 Å². The summed E-state index contributed by atoms with van der Waals surface area (Å²) >= 11 is 0. The third kappa shape index (κ3) is 4.62. The second kappa shape index (κ2) is 9.75. The molecule has 1 aromatic carbocycles. The van der Waals surface area contributed by atoms with Crippen molar-refractivity contribution in [3.05, 3.63) is 47.0 Å². The van der Waals surface area contributed by atoms with E-state index >= 15 is 0 Å². The molecule has 3 rings (SSSR count). The molecule has 0 spiro atoms. The summed E-state index contributed by atoms with van der Waals surface area (Å²) in [6.07, 6.45) is 4.41. The SMILES string of the molecule is CCC(C)=C(c1c(NC)ncnc1N(C)c1ccc(C#N)c(F)c1)N1CCCC(N)C1. The van der Waals surface area contributed by atoms with Gasteiger partial charge >= 0.3 is 0 Å². The Morgan fingerprint density at radius 1 is 1.42 bits per heavy atom. The fraction of sp³-hybridized carbons (Fsp3) is 0.435. The molecule has 0 saturated carbocycles. The fourth-order valence-corrected chi connectivity index (χ4v) is 3.99. The maximum Gasteiger partial charge on any atom is 0.147 e. The molecule has 0 radical (unpaired) electrons. The first-order valence-electron chi connectivity index (χ1n) is 10.6. The van der Waals surface area contributed by atoms with E-state index < -0.39 is 5.82 Å². The highest BCUT2D eigenvalue weighted by atomic mass is 19.1. The van der Waals surface area contributed by atoms with Crippen LogP contribution >= 0.6 is 0 Å². The van der Waals surface area contributed by atoms with Crippen molar-refractivity contribution in [2.75, 3.05) is 37.4 Å². The lowest BCUT2D eigenvalue weighted by Crippen LogP contribution is -2.42. The van der Waals surface area contributed by atoms with E-state index in [-0.39, 0.29) is 11.6 Å². The van der Waals surface area contributed by atoms with E-state index in [2.05, 4.69) is 34.0 Å². The van der Waals surface area contributed by atoms with Crippen LogP contribution < -0.4 is 16.0 Å². The molecule has 2 heterocycles. The molecular formula is C23H30FN7. The highest BCUT2D eigenvalue weighted by molar-refractivity contribution is 5.84. The molecule has 2 aromatic rings. The van der Waals surface area contributed by atoms with E-state index in [9.17, 15) is 4.39 Å². The maximum absolute atomic E-state index is 14.3. The van der Waals surface area contributed by atoms with Gasteiger partial charge in [-0.25, -0.2) is 14.4 Å². The van der Waals surface area contributed by atoms with Gasteiger partial charge in [-0.2, -0.15) is 5.26 Å². The first-order chi connectivity index (χ1) is 14.9. The summed E-state index contributed by atoms with van der Waals surface area (Å²) in [4.78, 5) is 13.2. The third-order valence-corrected chi connectivity index (χ3v) is 5.79. The van der Waals surface area contributed by atoms with Crippen molar-refractivity contribution >= 4 is 23.0 Å². The van der Waals surface area contributed by atoms with Crippen LogP contribution in [0.25, 0.3) is 5.70 Å². The highest BCUT2D eigenvalue weighted by Crippen LogP contribution is 2.38. The molecule has 1 aliphatic heterocycles. The molecule has 1 fully saturated rings. The lowest BCUT2D eigenvalue weighted by Gasteiger charge is -2.37. The number of hydrogen-bond donors (Lipinski definition) is 2. The number of aromatic nitrogens is 2. The predicted octanol–water partition coefficient (Wildman–Crippen LogP) is 3.86. The van der Waals surface area contributed by atoms with Crippen molar-refractivity contribution < 1.29 is 4.39 Å². The first-order valence-corrected chi connectivity index (χ1v) is 10.6. The van der Waals surface area contributed by atoms with Crippen LogP contribution in [0.3, 0.4) is 0 Å². The minimum Gasteiger partial charge on any atom is -0.372 e. The third-order valence-electron chi connectivity index (χ3n) is 5.79. The second-order valence-electron chi connectivity index (χ2n) is 7.84. The molecule has 1 unspecified atom stereocenters. The molecule has 164 valence electrons. The van der Waals surface area contributed by atoms with E-state index in [1.807, 2.05) is 25.1 Å². The van der Waals surface area contributed by atoms with Gasteiger partial charge in [-0.05, 0) is 50.0 Å². The van der Waals surface area contributed by atoms with Crippen molar-refractivity contribution in [3.63, 3.8) is 0 Å². The number of halogens is 1. The Bertz CT molecular complexity index is 1010. The molecule has 1 atom stereocenters. The summed E-state index contributed by atoms with van der Waals surface area (Å²) in [6.45, 7) is 5.92. The van der Waals surface area contributed by atoms with Crippen LogP contribution in [0.5, 0.6) is 0 Å². The van der Waals surface area contributed by atoms with Crippen molar-refractivity contribution in [2.24, 2.45) is 5.73 Å². The molecule has 3 N–H and O–H groups in total. The minimum absolute atomic E-state index is 0.0145. The van der Waals surface area contributed by atoms with Crippen LogP contribution in [0.1, 0.15) is 44.2 Å². The summed E-state index contributed by atoms with van der Waals surface area (Å²) in [7, 11) is 3.67. The van der Waals surface area contributed by atoms with Crippen molar-refractivity contribution in [3.8, 4) is 6.07 Å². The van der Waals surface area contributed by atoms with Crippen LogP contribution in [-0.4, -0.2) is 48.1 Å². The maximum atomic E-state index is 14.3. The average Bonchev–Trinajstić information content (AvgIpc) is 2.78. The number of hydrogen-bond acceptors (Lipinski definition) is 7. The number of nitrogens with two attached hydrogens (primary N) is 1. The Morgan fingerprint density at radius 2 is 2.19 bits per heavy atom. The van der Waals surface area contributed by atoms with Gasteiger partial charge in [0.25, 0.3) is 0 Å². The number of nitrogens with one attached hydrogen (secondary N) is 1. The average molecular weight is 424 g/mol. The number of likely N-dealkylation sites (tertiary alicyclic amines) is 1. The summed E-state index contributed by atoms with van der Waals surface area (Å²) in [6, 6.07) is 6.54. The minimum atomic E-state index is -0.557. The van der Waals surface area contributed by atoms with Gasteiger partial charge in [0.2, 0.25) is 0 Å². The van der Waals surface area contributed by atoms with Crippen LogP contribution in [0.2, 0.25) is 0 Å². The molecule has 0 bridgehead atoms. The van der Waals surface area contributed by atoms with Crippen LogP contribution in [0, 0.1) is 17.1 Å². The van der Waals surface area contributed by atoms with Gasteiger partial charge in [0.05, 0.1) is 16.8 Å². The van der Waals surface area contributed by atoms with Crippen LogP contribution in [-0.2, 0) is 0 Å². The molecule has 0 aliphatic carbocycles. The summed E-state index contributed by atoms with van der Waals surface area (Å²) in [5, 5.41) is 12.2. The quantitative estimate of drug-likeness (QED) is 0.728. The smallest absolute Gasteiger partial charge is 0.147 e. The number of nitrogens with zero attached hydrogens (tertiary/aromatic N) is 5. The van der Waals surface area contributed by atoms with Gasteiger partial charge in [-0.3, -0.25) is 0 Å². The number of anilines is 3. The Hall–Kier alpha value is -3.18. The van der Waals surface area contributed by atoms with E-state index in [1.165, 1.54) is 24.0 Å². The topological polar surface area (TPSA) is 94.1 Å². The standard InChI is InChI=1S/C23H30FN7/c1-5-15(2)21(31-10-6-7-17(26)13-31)20-22(27-3)28-14-29-23(20)30(4)18-9-8-16(12-25)19(24)11-18/h8-9,11,14,17H,5-7,10,13,26H2,1-4H3,(H,27,28,29). The van der Waals surface area contributed by atoms with Crippen LogP contribution in [0.15, 0.2) is 30.1 Å². The Morgan fingerprint density at radius 3 is 2.81 bits per heavy atom. The molecule has 1 aromatic heterocycles. The zero-order chi connectivity index (χ0) is 22.5. The zero-order valence-electron chi connectivity index (χ0n) is 18.6. The van der Waals surface area contributed by atoms with E-state index in [4.69, 9.17) is 11.0 Å². The number of nitriles is 1. The molecule has 31 heavy (non-hydrogen) atoms. The molecule has 1 aliphatic rings. The van der Waals surface area contributed by atoms with Crippen molar-refractivity contribution in [1.29, 1.82) is 5.26 Å². The van der Waals surface area contributed by atoms with E-state index in [0.29, 0.717) is 17.3 Å². The number of allylic oxidation sites excluding steroid dienone is 1. The fourth-order valence-electron chi connectivity index (χ4n) is 3.99. The van der Waals surface area contributed by atoms with Crippen LogP contribution in [0.4, 0.5) is 21.7 Å². The molecular weight excluding hydrogens is 393 g/mol. The first kappa shape index (κ1) is 22.5. The van der Waals surface area contributed by atoms with Gasteiger partial charge < -0.3 is 20.9 Å². The second-order valence-corrected chi connectivity index (χ2v) is 7.84. The Balaban J connectivity index is 2.17. The zero-order valence-corrected chi connectivity index (χ0v) is 18.6. The van der Waals surface area contributed by atoms with E-state index in [1.54, 1.807) is 6.07 Å². The highest BCUT2D eigenvalue weighted by Gasteiger charge is 2.27. The summed E-state index contributed by atoms with van der Waals surface area (Å²) in [5.41, 5.74) is 10.1. The van der Waals surface area contributed by atoms with Crippen molar-refractivity contribution in [2.45, 2.75) is 39.2 Å². The summed E-state index contributed by atoms with van der Waals surface area (Å²) in [5.74, 6) is 0.803. The lowest BCUT2D eigenvalue weighted by molar-refractivity contribution is 0.293.